The zero-order valence-corrected chi connectivity index (χ0v) is 14.9. The molecule has 1 aromatic carbocycles. The molecule has 0 bridgehead atoms. The van der Waals surface area contributed by atoms with E-state index in [1.54, 1.807) is 0 Å². The average molecular weight is 438 g/mol. The van der Waals surface area contributed by atoms with Gasteiger partial charge in [-0.05, 0) is 18.2 Å². The Morgan fingerprint density at radius 3 is 2.17 bits per heavy atom. The number of nitrogens with zero attached hydrogens (tertiary/aromatic N) is 2. The van der Waals surface area contributed by atoms with E-state index in [-0.39, 0.29) is 11.3 Å². The second-order valence-corrected chi connectivity index (χ2v) is 5.98. The van der Waals surface area contributed by atoms with Gasteiger partial charge in [0.15, 0.2) is 6.61 Å². The van der Waals surface area contributed by atoms with Crippen LogP contribution in [0.25, 0.3) is 0 Å². The van der Waals surface area contributed by atoms with Crippen molar-refractivity contribution >= 4 is 11.9 Å². The summed E-state index contributed by atoms with van der Waals surface area (Å²) in [6.45, 7) is -3.15. The molecule has 0 saturated heterocycles. The highest BCUT2D eigenvalue weighted by Crippen LogP contribution is 2.28. The highest BCUT2D eigenvalue weighted by atomic mass is 19.4. The lowest BCUT2D eigenvalue weighted by atomic mass is 10.2. The number of alkyl halides is 6. The molecule has 12 heteroatoms. The Kier molecular flexibility index (Phi) is 7.00. The lowest BCUT2D eigenvalue weighted by Crippen LogP contribution is -2.38. The van der Waals surface area contributed by atoms with Crippen LogP contribution >= 0.6 is 0 Å². The van der Waals surface area contributed by atoms with Crippen LogP contribution in [0.3, 0.4) is 0 Å². The fraction of sp³-hybridized carbons (Fsp3) is 0.278. The number of pyridine rings is 1. The van der Waals surface area contributed by atoms with E-state index in [1.807, 2.05) is 0 Å². The van der Waals surface area contributed by atoms with Gasteiger partial charge in [-0.3, -0.25) is 9.78 Å². The predicted molar refractivity (Wildman–Crippen MR) is 86.9 cm³/mol. The van der Waals surface area contributed by atoms with Gasteiger partial charge in [0, 0.05) is 18.3 Å². The summed E-state index contributed by atoms with van der Waals surface area (Å²) < 4.78 is 92.3. The van der Waals surface area contributed by atoms with Crippen LogP contribution in [0.4, 0.5) is 30.7 Å². The first-order chi connectivity index (χ1) is 13.9. The lowest BCUT2D eigenvalue weighted by Gasteiger charge is -2.22. The fourth-order valence-corrected chi connectivity index (χ4v) is 2.25. The number of aromatic nitrogens is 1. The number of benzene rings is 1. The number of esters is 1. The van der Waals surface area contributed by atoms with Crippen molar-refractivity contribution in [3.8, 4) is 0 Å². The van der Waals surface area contributed by atoms with Crippen molar-refractivity contribution < 1.29 is 45.1 Å². The lowest BCUT2D eigenvalue weighted by molar-refractivity contribution is -0.189. The minimum atomic E-state index is -4.87. The maximum absolute atomic E-state index is 13.9. The van der Waals surface area contributed by atoms with E-state index in [1.165, 1.54) is 18.2 Å². The first-order valence-electron chi connectivity index (χ1n) is 8.15. The van der Waals surface area contributed by atoms with Crippen molar-refractivity contribution in [1.29, 1.82) is 0 Å². The summed E-state index contributed by atoms with van der Waals surface area (Å²) in [5.74, 6) is -4.15. The van der Waals surface area contributed by atoms with Gasteiger partial charge in [0.25, 0.3) is 0 Å². The molecule has 1 aromatic heterocycles. The van der Waals surface area contributed by atoms with Crippen molar-refractivity contribution in [2.75, 3.05) is 6.61 Å². The summed E-state index contributed by atoms with van der Waals surface area (Å²) in [4.78, 5) is 28.1. The molecule has 0 spiro atoms. The van der Waals surface area contributed by atoms with E-state index in [2.05, 4.69) is 9.72 Å². The Balaban J connectivity index is 2.23. The number of carbonyl (C=O) groups excluding carboxylic acids is 2. The van der Waals surface area contributed by atoms with Crippen LogP contribution in [0.15, 0.2) is 42.6 Å². The van der Waals surface area contributed by atoms with E-state index < -0.39 is 55.3 Å². The van der Waals surface area contributed by atoms with Gasteiger partial charge in [0.05, 0.1) is 17.8 Å². The molecule has 30 heavy (non-hydrogen) atoms. The Labute approximate surface area is 165 Å². The third-order valence-corrected chi connectivity index (χ3v) is 3.65. The molecule has 0 fully saturated rings. The molecule has 0 unspecified atom stereocenters. The van der Waals surface area contributed by atoms with Gasteiger partial charge in [-0.25, -0.2) is 9.18 Å². The molecule has 5 nitrogen and oxygen atoms in total. The van der Waals surface area contributed by atoms with E-state index in [0.717, 1.165) is 12.1 Å². The van der Waals surface area contributed by atoms with Gasteiger partial charge in [-0.1, -0.05) is 18.2 Å². The maximum Gasteiger partial charge on any atom is 0.422 e. The molecule has 2 rings (SSSR count). The maximum atomic E-state index is 13.9. The molecule has 0 aliphatic rings. The van der Waals surface area contributed by atoms with Crippen LogP contribution in [0.2, 0.25) is 0 Å². The number of carbonyl (C=O) groups is 2. The fourth-order valence-electron chi connectivity index (χ4n) is 2.25. The monoisotopic (exact) mass is 438 g/mol. The van der Waals surface area contributed by atoms with E-state index in [0.29, 0.717) is 17.2 Å². The van der Waals surface area contributed by atoms with Gasteiger partial charge in [-0.2, -0.15) is 26.3 Å². The number of hydrogen-bond acceptors (Lipinski definition) is 4. The molecule has 0 N–H and O–H groups in total. The zero-order chi connectivity index (χ0) is 22.5. The van der Waals surface area contributed by atoms with Gasteiger partial charge in [0.2, 0.25) is 0 Å². The molecule has 1 amide bonds. The largest absolute Gasteiger partial charge is 0.449 e. The molecule has 162 valence electrons. The summed E-state index contributed by atoms with van der Waals surface area (Å²) >= 11 is 0. The second kappa shape index (κ2) is 9.09. The Morgan fingerprint density at radius 1 is 0.967 bits per heavy atom. The van der Waals surface area contributed by atoms with Gasteiger partial charge >= 0.3 is 24.2 Å². The summed E-state index contributed by atoms with van der Waals surface area (Å²) in [6, 6.07) is 6.67. The van der Waals surface area contributed by atoms with Crippen molar-refractivity contribution in [3.05, 3.63) is 65.2 Å². The zero-order valence-electron chi connectivity index (χ0n) is 14.9. The Bertz CT molecular complexity index is 896. The third-order valence-electron chi connectivity index (χ3n) is 3.65. The van der Waals surface area contributed by atoms with Crippen molar-refractivity contribution in [2.45, 2.75) is 25.4 Å². The van der Waals surface area contributed by atoms with E-state index in [9.17, 15) is 40.3 Å². The molecule has 0 aliphatic heterocycles. The van der Waals surface area contributed by atoms with Gasteiger partial charge in [0.1, 0.15) is 5.82 Å². The molecule has 2 aromatic rings. The summed E-state index contributed by atoms with van der Waals surface area (Å²) in [7, 11) is 0. The number of halogens is 7. The minimum Gasteiger partial charge on any atom is -0.449 e. The average Bonchev–Trinajstić information content (AvgIpc) is 2.65. The molecular formula is C18H13F7N2O3. The molecule has 0 radical (unpaired) electrons. The van der Waals surface area contributed by atoms with Crippen molar-refractivity contribution in [3.63, 3.8) is 0 Å². The van der Waals surface area contributed by atoms with Crippen LogP contribution in [-0.2, 0) is 33.6 Å². The molecule has 0 atom stereocenters. The summed E-state index contributed by atoms with van der Waals surface area (Å²) in [5, 5.41) is 0. The first kappa shape index (κ1) is 23.1. The number of amides is 1. The number of rotatable bonds is 5. The van der Waals surface area contributed by atoms with Crippen LogP contribution in [-0.4, -0.2) is 34.5 Å². The predicted octanol–water partition coefficient (Wildman–Crippen LogP) is 3.87. The van der Waals surface area contributed by atoms with Crippen LogP contribution in [0, 0.1) is 5.82 Å². The number of ether oxygens (including phenoxy) is 1. The summed E-state index contributed by atoms with van der Waals surface area (Å²) in [6.07, 6.45) is -9.04. The van der Waals surface area contributed by atoms with Crippen LogP contribution in [0.5, 0.6) is 0 Å². The smallest absolute Gasteiger partial charge is 0.422 e. The Hall–Kier alpha value is -3.18. The SMILES string of the molecule is O=C(OCC(F)(F)F)C(=O)N(Cc1ccc(C(F)(F)F)cn1)Cc1ccccc1F. The molecule has 1 heterocycles. The minimum absolute atomic E-state index is 0.0821. The van der Waals surface area contributed by atoms with Gasteiger partial charge in [-0.15, -0.1) is 0 Å². The normalized spacial score (nSPS) is 11.8. The topological polar surface area (TPSA) is 59.5 Å². The standard InChI is InChI=1S/C18H13F7N2O3/c19-14-4-2-1-3-11(14)8-27(15(28)16(29)30-10-17(20,21)22)9-13-6-5-12(7-26-13)18(23,24)25/h1-7H,8-10H2. The number of hydrogen-bond donors (Lipinski definition) is 0. The Morgan fingerprint density at radius 2 is 1.63 bits per heavy atom. The first-order valence-corrected chi connectivity index (χ1v) is 8.15. The van der Waals surface area contributed by atoms with E-state index >= 15 is 0 Å². The second-order valence-electron chi connectivity index (χ2n) is 5.98. The van der Waals surface area contributed by atoms with Gasteiger partial charge < -0.3 is 9.64 Å². The van der Waals surface area contributed by atoms with Crippen molar-refractivity contribution in [1.82, 2.24) is 9.88 Å². The molecule has 0 aliphatic carbocycles. The quantitative estimate of drug-likeness (QED) is 0.404. The van der Waals surface area contributed by atoms with Crippen LogP contribution in [0.1, 0.15) is 16.8 Å². The highest BCUT2D eigenvalue weighted by Gasteiger charge is 2.33. The molecular weight excluding hydrogens is 425 g/mol. The van der Waals surface area contributed by atoms with Crippen molar-refractivity contribution in [2.24, 2.45) is 0 Å². The highest BCUT2D eigenvalue weighted by molar-refractivity contribution is 6.32. The molecule has 0 saturated carbocycles. The van der Waals surface area contributed by atoms with Crippen LogP contribution < -0.4 is 0 Å². The van der Waals surface area contributed by atoms with E-state index in [4.69, 9.17) is 0 Å². The summed E-state index contributed by atoms with van der Waals surface area (Å²) in [5.41, 5.74) is -1.26. The third kappa shape index (κ3) is 6.71.